The number of rotatable bonds is 52. The molecule has 0 aromatic heterocycles. The van der Waals surface area contributed by atoms with Crippen molar-refractivity contribution in [1.29, 1.82) is 0 Å². The van der Waals surface area contributed by atoms with Crippen molar-refractivity contribution >= 4 is 5.91 Å². The Labute approximate surface area is 436 Å². The van der Waals surface area contributed by atoms with E-state index in [1.165, 1.54) is 205 Å². The standard InChI is InChI=1S/C61H115NO9/c1-3-5-7-9-11-13-15-17-19-20-21-22-23-24-25-26-27-28-29-30-31-32-33-34-36-38-40-42-44-46-48-50-55(65)60(69)62-53(52-70-61-59(68)58(67)57(66)56(51-63)71-61)54(64)49-47-45-43-41-39-37-35-18-16-14-12-10-8-6-4-2/h16,18,39,41,47,49,53-59,61,63-68H,3-15,17,19-38,40,42-46,48,50-52H2,1-2H3,(H,62,69)/b18-16+,41-39+,49-47+. The molecule has 0 radical (unpaired) electrons. The molecule has 0 aromatic rings. The second-order valence-corrected chi connectivity index (χ2v) is 21.3. The molecule has 10 heteroatoms. The highest BCUT2D eigenvalue weighted by Crippen LogP contribution is 2.23. The summed E-state index contributed by atoms with van der Waals surface area (Å²) in [6, 6.07) is -1.00. The number of nitrogens with one attached hydrogen (secondary N) is 1. The van der Waals surface area contributed by atoms with Crippen LogP contribution in [-0.2, 0) is 14.3 Å². The smallest absolute Gasteiger partial charge is 0.249 e. The maximum atomic E-state index is 13.1. The van der Waals surface area contributed by atoms with Crippen molar-refractivity contribution in [3.05, 3.63) is 36.5 Å². The van der Waals surface area contributed by atoms with Gasteiger partial charge in [-0.1, -0.05) is 275 Å². The van der Waals surface area contributed by atoms with Crippen LogP contribution in [0.15, 0.2) is 36.5 Å². The van der Waals surface area contributed by atoms with Crippen LogP contribution in [-0.4, -0.2) is 98.7 Å². The minimum Gasteiger partial charge on any atom is -0.394 e. The normalized spacial score (nSPS) is 19.9. The first kappa shape index (κ1) is 67.4. The molecular weight excluding hydrogens is 891 g/mol. The van der Waals surface area contributed by atoms with Crippen molar-refractivity contribution in [2.45, 2.75) is 332 Å². The molecule has 0 aliphatic carbocycles. The van der Waals surface area contributed by atoms with Crippen molar-refractivity contribution in [3.63, 3.8) is 0 Å². The topological polar surface area (TPSA) is 169 Å². The van der Waals surface area contributed by atoms with Gasteiger partial charge in [0, 0.05) is 0 Å². The van der Waals surface area contributed by atoms with E-state index < -0.39 is 61.5 Å². The molecule has 8 unspecified atom stereocenters. The molecule has 1 heterocycles. The number of carbonyl (C=O) groups is 1. The Balaban J connectivity index is 2.18. The Morgan fingerprint density at radius 2 is 0.831 bits per heavy atom. The van der Waals surface area contributed by atoms with Crippen LogP contribution >= 0.6 is 0 Å². The van der Waals surface area contributed by atoms with Crippen LogP contribution in [0.4, 0.5) is 0 Å². The number of ether oxygens (including phenoxy) is 2. The minimum absolute atomic E-state index is 0.304. The number of allylic oxidation sites excluding steroid dienone is 5. The molecule has 1 amide bonds. The summed E-state index contributed by atoms with van der Waals surface area (Å²) in [5, 5.41) is 65.0. The summed E-state index contributed by atoms with van der Waals surface area (Å²) in [6.45, 7) is 3.60. The highest BCUT2D eigenvalue weighted by molar-refractivity contribution is 5.80. The maximum absolute atomic E-state index is 13.1. The van der Waals surface area contributed by atoms with Crippen LogP contribution in [0, 0.1) is 0 Å². The molecule has 10 nitrogen and oxygen atoms in total. The first-order valence-electron chi connectivity index (χ1n) is 30.3. The van der Waals surface area contributed by atoms with Gasteiger partial charge in [0.25, 0.3) is 0 Å². The average molecular weight is 1010 g/mol. The fourth-order valence-corrected chi connectivity index (χ4v) is 9.67. The maximum Gasteiger partial charge on any atom is 0.249 e. The highest BCUT2D eigenvalue weighted by Gasteiger charge is 2.44. The van der Waals surface area contributed by atoms with Gasteiger partial charge in [-0.3, -0.25) is 4.79 Å². The lowest BCUT2D eigenvalue weighted by Crippen LogP contribution is -2.60. The summed E-state index contributed by atoms with van der Waals surface area (Å²) < 4.78 is 11.2. The SMILES string of the molecule is CCCCCCC/C=C/CC/C=C/CC/C=C/C(O)C(COC1OC(CO)C(O)C(O)C1O)NC(=O)C(O)CCCCCCCCCCCCCCCCCCCCCCCCCCCCCCCCC. The Morgan fingerprint density at radius 3 is 1.23 bits per heavy atom. The van der Waals surface area contributed by atoms with Gasteiger partial charge in [-0.05, 0) is 44.9 Å². The average Bonchev–Trinajstić information content (AvgIpc) is 3.37. The lowest BCUT2D eigenvalue weighted by molar-refractivity contribution is -0.302. The quantitative estimate of drug-likeness (QED) is 0.0232. The molecule has 0 spiro atoms. The Hall–Kier alpha value is -1.63. The van der Waals surface area contributed by atoms with E-state index in [-0.39, 0.29) is 6.61 Å². The van der Waals surface area contributed by atoms with Gasteiger partial charge in [0.15, 0.2) is 6.29 Å². The molecule has 1 fully saturated rings. The molecule has 1 aliphatic rings. The van der Waals surface area contributed by atoms with E-state index in [1.807, 2.05) is 6.08 Å². The third-order valence-electron chi connectivity index (χ3n) is 14.6. The zero-order chi connectivity index (χ0) is 51.7. The van der Waals surface area contributed by atoms with Crippen molar-refractivity contribution in [3.8, 4) is 0 Å². The summed E-state index contributed by atoms with van der Waals surface area (Å²) in [7, 11) is 0. The highest BCUT2D eigenvalue weighted by atomic mass is 16.7. The fraction of sp³-hybridized carbons (Fsp3) is 0.885. The van der Waals surface area contributed by atoms with E-state index in [1.54, 1.807) is 6.08 Å². The fourth-order valence-electron chi connectivity index (χ4n) is 9.67. The number of carbonyl (C=O) groups excluding carboxylic acids is 1. The van der Waals surface area contributed by atoms with Gasteiger partial charge in [0.1, 0.15) is 30.5 Å². The van der Waals surface area contributed by atoms with Crippen molar-refractivity contribution < 1.29 is 44.9 Å². The van der Waals surface area contributed by atoms with Gasteiger partial charge in [0.05, 0.1) is 25.4 Å². The van der Waals surface area contributed by atoms with E-state index in [0.717, 1.165) is 44.9 Å². The van der Waals surface area contributed by atoms with E-state index in [0.29, 0.717) is 19.3 Å². The van der Waals surface area contributed by atoms with Gasteiger partial charge < -0.3 is 45.4 Å². The Morgan fingerprint density at radius 1 is 0.479 bits per heavy atom. The van der Waals surface area contributed by atoms with Crippen LogP contribution in [0.3, 0.4) is 0 Å². The number of unbranched alkanes of at least 4 members (excludes halogenated alkanes) is 37. The predicted molar refractivity (Wildman–Crippen MR) is 296 cm³/mol. The van der Waals surface area contributed by atoms with E-state index in [2.05, 4.69) is 43.5 Å². The number of aliphatic hydroxyl groups excluding tert-OH is 6. The molecule has 8 atom stereocenters. The molecule has 1 rings (SSSR count). The predicted octanol–water partition coefficient (Wildman–Crippen LogP) is 14.1. The number of aliphatic hydroxyl groups is 6. The van der Waals surface area contributed by atoms with Crippen LogP contribution < -0.4 is 5.32 Å². The second kappa shape index (κ2) is 50.5. The van der Waals surface area contributed by atoms with Gasteiger partial charge in [-0.2, -0.15) is 0 Å². The Kier molecular flexibility index (Phi) is 48.0. The first-order valence-corrected chi connectivity index (χ1v) is 30.3. The molecule has 0 bridgehead atoms. The molecule has 71 heavy (non-hydrogen) atoms. The summed E-state index contributed by atoms with van der Waals surface area (Å²) in [5.41, 5.74) is 0. The molecule has 7 N–H and O–H groups in total. The second-order valence-electron chi connectivity index (χ2n) is 21.3. The molecule has 0 saturated carbocycles. The summed E-state index contributed by atoms with van der Waals surface area (Å²) in [6.07, 6.45) is 55.6. The molecule has 418 valence electrons. The van der Waals surface area contributed by atoms with E-state index in [4.69, 9.17) is 9.47 Å². The summed E-state index contributed by atoms with van der Waals surface area (Å²) in [4.78, 5) is 13.1. The third-order valence-corrected chi connectivity index (χ3v) is 14.6. The van der Waals surface area contributed by atoms with Gasteiger partial charge in [-0.25, -0.2) is 0 Å². The third kappa shape index (κ3) is 39.5. The van der Waals surface area contributed by atoms with Gasteiger partial charge >= 0.3 is 0 Å². The van der Waals surface area contributed by atoms with Crippen molar-refractivity contribution in [2.24, 2.45) is 0 Å². The van der Waals surface area contributed by atoms with E-state index >= 15 is 0 Å². The molecular formula is C61H115NO9. The first-order chi connectivity index (χ1) is 34.8. The largest absolute Gasteiger partial charge is 0.394 e. The summed E-state index contributed by atoms with van der Waals surface area (Å²) >= 11 is 0. The monoisotopic (exact) mass is 1010 g/mol. The number of hydrogen-bond donors (Lipinski definition) is 7. The molecule has 1 aliphatic heterocycles. The Bertz CT molecular complexity index is 1230. The zero-order valence-electron chi connectivity index (χ0n) is 46.1. The van der Waals surface area contributed by atoms with Crippen LogP contribution in [0.1, 0.15) is 284 Å². The van der Waals surface area contributed by atoms with Crippen molar-refractivity contribution in [2.75, 3.05) is 13.2 Å². The van der Waals surface area contributed by atoms with Crippen LogP contribution in [0.5, 0.6) is 0 Å². The van der Waals surface area contributed by atoms with Gasteiger partial charge in [-0.15, -0.1) is 0 Å². The molecule has 0 aromatic carbocycles. The van der Waals surface area contributed by atoms with Gasteiger partial charge in [0.2, 0.25) is 5.91 Å². The van der Waals surface area contributed by atoms with Crippen molar-refractivity contribution in [1.82, 2.24) is 5.32 Å². The van der Waals surface area contributed by atoms with Crippen LogP contribution in [0.25, 0.3) is 0 Å². The van der Waals surface area contributed by atoms with E-state index in [9.17, 15) is 35.4 Å². The minimum atomic E-state index is -1.62. The zero-order valence-corrected chi connectivity index (χ0v) is 46.1. The number of amides is 1. The summed E-state index contributed by atoms with van der Waals surface area (Å²) in [5.74, 6) is -0.626. The number of hydrogen-bond acceptors (Lipinski definition) is 9. The van der Waals surface area contributed by atoms with Crippen LogP contribution in [0.2, 0.25) is 0 Å². The molecule has 1 saturated heterocycles. The lowest BCUT2D eigenvalue weighted by atomic mass is 9.99. The lowest BCUT2D eigenvalue weighted by Gasteiger charge is -2.40.